The Balaban J connectivity index is 2.08. The summed E-state index contributed by atoms with van der Waals surface area (Å²) in [5, 5.41) is 0. The number of benzene rings is 1. The van der Waals surface area contributed by atoms with Crippen molar-refractivity contribution in [2.45, 2.75) is 25.9 Å². The molecule has 16 heavy (non-hydrogen) atoms. The van der Waals surface area contributed by atoms with Crippen molar-refractivity contribution in [3.05, 3.63) is 35.4 Å². The lowest BCUT2D eigenvalue weighted by molar-refractivity contribution is -0.112. The summed E-state index contributed by atoms with van der Waals surface area (Å²) in [6, 6.07) is 7.78. The molecule has 1 aliphatic carbocycles. The molecule has 2 rings (SSSR count). The molecule has 0 heterocycles. The predicted molar refractivity (Wildman–Crippen MR) is 59.2 cm³/mol. The summed E-state index contributed by atoms with van der Waals surface area (Å²) in [6.07, 6.45) is 0.819. The Morgan fingerprint density at radius 3 is 2.31 bits per heavy atom. The van der Waals surface area contributed by atoms with Gasteiger partial charge < -0.3 is 4.89 Å². The van der Waals surface area contributed by atoms with Gasteiger partial charge in [0, 0.05) is 6.92 Å². The van der Waals surface area contributed by atoms with Crippen LogP contribution in [0.25, 0.3) is 0 Å². The van der Waals surface area contributed by atoms with E-state index in [1.165, 1.54) is 0 Å². The first-order valence-electron chi connectivity index (χ1n) is 5.08. The van der Waals surface area contributed by atoms with E-state index in [1.54, 1.807) is 0 Å². The van der Waals surface area contributed by atoms with Gasteiger partial charge >= 0.3 is 7.60 Å². The van der Waals surface area contributed by atoms with Crippen LogP contribution in [0.5, 0.6) is 0 Å². The van der Waals surface area contributed by atoms with Crippen molar-refractivity contribution in [1.82, 2.24) is 0 Å². The first-order chi connectivity index (χ1) is 7.49. The highest BCUT2D eigenvalue weighted by Crippen LogP contribution is 2.46. The van der Waals surface area contributed by atoms with Gasteiger partial charge in [0.05, 0.1) is 6.10 Å². The number of hydrogen-bond acceptors (Lipinski definition) is 3. The van der Waals surface area contributed by atoms with E-state index in [4.69, 9.17) is 4.52 Å². The average molecular weight is 240 g/mol. The molecule has 1 N–H and O–H groups in total. The average Bonchev–Trinajstić information content (AvgIpc) is 2.58. The Hall–Kier alpha value is -0.960. The second kappa shape index (κ2) is 4.13. The number of carbonyl (C=O) groups excluding carboxylic acids is 1. The Bertz CT molecular complexity index is 444. The molecule has 0 bridgehead atoms. The van der Waals surface area contributed by atoms with E-state index < -0.39 is 13.1 Å². The first-order valence-corrected chi connectivity index (χ1v) is 6.66. The molecule has 0 saturated carbocycles. The molecule has 0 radical (unpaired) electrons. The summed E-state index contributed by atoms with van der Waals surface area (Å²) < 4.78 is 16.4. The fraction of sp³-hybridized carbons (Fsp3) is 0.364. The van der Waals surface area contributed by atoms with Crippen LogP contribution < -0.4 is 0 Å². The van der Waals surface area contributed by atoms with Gasteiger partial charge in [-0.1, -0.05) is 24.3 Å². The third kappa shape index (κ3) is 2.24. The van der Waals surface area contributed by atoms with E-state index in [2.05, 4.69) is 0 Å². The molecule has 1 aromatic rings. The lowest BCUT2D eigenvalue weighted by Gasteiger charge is -2.14. The molecule has 0 amide bonds. The fourth-order valence-corrected chi connectivity index (χ4v) is 2.57. The van der Waals surface area contributed by atoms with Crippen LogP contribution in [0.1, 0.15) is 18.1 Å². The van der Waals surface area contributed by atoms with E-state index >= 15 is 0 Å². The minimum atomic E-state index is -4.08. The number of rotatable bonds is 3. The van der Waals surface area contributed by atoms with Gasteiger partial charge in [-0.3, -0.25) is 13.9 Å². The van der Waals surface area contributed by atoms with Crippen molar-refractivity contribution in [1.29, 1.82) is 0 Å². The van der Waals surface area contributed by atoms with Crippen LogP contribution in [0.4, 0.5) is 0 Å². The van der Waals surface area contributed by atoms with Gasteiger partial charge in [0.1, 0.15) is 0 Å². The normalized spacial score (nSPS) is 19.1. The Morgan fingerprint density at radius 1 is 1.38 bits per heavy atom. The SMILES string of the molecule is CC(=O)P(=O)(O)OC1Cc2ccccc2C1. The summed E-state index contributed by atoms with van der Waals surface area (Å²) >= 11 is 0. The van der Waals surface area contributed by atoms with Crippen LogP contribution >= 0.6 is 7.60 Å². The molecule has 1 aromatic carbocycles. The summed E-state index contributed by atoms with van der Waals surface area (Å²) in [7, 11) is -4.08. The zero-order valence-corrected chi connectivity index (χ0v) is 9.81. The van der Waals surface area contributed by atoms with Crippen molar-refractivity contribution in [3.8, 4) is 0 Å². The molecule has 1 atom stereocenters. The molecular formula is C11H13O4P. The van der Waals surface area contributed by atoms with Gasteiger partial charge in [-0.05, 0) is 24.0 Å². The van der Waals surface area contributed by atoms with Crippen LogP contribution in [-0.2, 0) is 26.7 Å². The van der Waals surface area contributed by atoms with E-state index in [-0.39, 0.29) is 6.10 Å². The van der Waals surface area contributed by atoms with Crippen LogP contribution in [0.15, 0.2) is 24.3 Å². The maximum absolute atomic E-state index is 11.4. The molecular weight excluding hydrogens is 227 g/mol. The van der Waals surface area contributed by atoms with Crippen molar-refractivity contribution in [2.75, 3.05) is 0 Å². The molecule has 4 nitrogen and oxygen atoms in total. The van der Waals surface area contributed by atoms with Crippen LogP contribution in [0, 0.1) is 0 Å². The van der Waals surface area contributed by atoms with Gasteiger partial charge in [-0.2, -0.15) is 0 Å². The molecule has 5 heteroatoms. The van der Waals surface area contributed by atoms with Crippen molar-refractivity contribution < 1.29 is 18.8 Å². The highest BCUT2D eigenvalue weighted by molar-refractivity contribution is 7.70. The Kier molecular flexibility index (Phi) is 2.98. The lowest BCUT2D eigenvalue weighted by Crippen LogP contribution is -2.13. The molecule has 1 unspecified atom stereocenters. The molecule has 0 saturated heterocycles. The maximum Gasteiger partial charge on any atom is 0.394 e. The highest BCUT2D eigenvalue weighted by atomic mass is 31.2. The van der Waals surface area contributed by atoms with Crippen LogP contribution in [0.3, 0.4) is 0 Å². The topological polar surface area (TPSA) is 63.6 Å². The Labute approximate surface area is 93.8 Å². The van der Waals surface area contributed by atoms with Gasteiger partial charge in [-0.15, -0.1) is 0 Å². The molecule has 0 aliphatic heterocycles. The minimum Gasteiger partial charge on any atom is -0.319 e. The van der Waals surface area contributed by atoms with E-state index in [0.29, 0.717) is 12.8 Å². The van der Waals surface area contributed by atoms with Crippen molar-refractivity contribution in [3.63, 3.8) is 0 Å². The van der Waals surface area contributed by atoms with Crippen LogP contribution in [-0.4, -0.2) is 16.5 Å². The standard InChI is InChI=1S/C11H13O4P/c1-8(12)16(13,14)15-11-6-9-4-2-3-5-10(9)7-11/h2-5,11H,6-7H2,1H3,(H,13,14). The summed E-state index contributed by atoms with van der Waals surface area (Å²) in [6.45, 7) is 1.07. The largest absolute Gasteiger partial charge is 0.394 e. The predicted octanol–water partition coefficient (Wildman–Crippen LogP) is 1.90. The van der Waals surface area contributed by atoms with Crippen molar-refractivity contribution in [2.24, 2.45) is 0 Å². The van der Waals surface area contributed by atoms with E-state index in [0.717, 1.165) is 18.1 Å². The number of carbonyl (C=O) groups is 1. The van der Waals surface area contributed by atoms with Gasteiger partial charge in [-0.25, -0.2) is 0 Å². The molecule has 1 aliphatic rings. The third-order valence-corrected chi connectivity index (χ3v) is 4.08. The number of hydrogen-bond donors (Lipinski definition) is 1. The minimum absolute atomic E-state index is 0.364. The summed E-state index contributed by atoms with van der Waals surface area (Å²) in [5.41, 5.74) is 1.44. The quantitative estimate of drug-likeness (QED) is 0.819. The molecule has 86 valence electrons. The number of fused-ring (bicyclic) bond motifs is 1. The molecule has 0 spiro atoms. The Morgan fingerprint density at radius 2 is 1.88 bits per heavy atom. The second-order valence-corrected chi connectivity index (χ2v) is 5.83. The maximum atomic E-state index is 11.4. The molecule has 0 aromatic heterocycles. The lowest BCUT2D eigenvalue weighted by atomic mass is 10.1. The highest BCUT2D eigenvalue weighted by Gasteiger charge is 2.33. The van der Waals surface area contributed by atoms with Gasteiger partial charge in [0.25, 0.3) is 0 Å². The van der Waals surface area contributed by atoms with Crippen LogP contribution in [0.2, 0.25) is 0 Å². The van der Waals surface area contributed by atoms with E-state index in [9.17, 15) is 14.3 Å². The first kappa shape index (κ1) is 11.5. The van der Waals surface area contributed by atoms with Crippen molar-refractivity contribution >= 4 is 13.1 Å². The van der Waals surface area contributed by atoms with E-state index in [1.807, 2.05) is 24.3 Å². The summed E-state index contributed by atoms with van der Waals surface area (Å²) in [5.74, 6) is 0. The zero-order valence-electron chi connectivity index (χ0n) is 8.92. The summed E-state index contributed by atoms with van der Waals surface area (Å²) in [4.78, 5) is 20.2. The molecule has 0 fully saturated rings. The second-order valence-electron chi connectivity index (χ2n) is 3.94. The third-order valence-electron chi connectivity index (χ3n) is 2.70. The fourth-order valence-electron chi connectivity index (χ4n) is 1.87. The van der Waals surface area contributed by atoms with Gasteiger partial charge in [0.2, 0.25) is 5.52 Å². The monoisotopic (exact) mass is 240 g/mol. The smallest absolute Gasteiger partial charge is 0.319 e. The van der Waals surface area contributed by atoms with Gasteiger partial charge in [0.15, 0.2) is 0 Å². The zero-order chi connectivity index (χ0) is 11.8.